The van der Waals surface area contributed by atoms with Gasteiger partial charge in [-0.2, -0.15) is 4.98 Å². The van der Waals surface area contributed by atoms with E-state index in [-0.39, 0.29) is 5.54 Å². The van der Waals surface area contributed by atoms with Gasteiger partial charge in [-0.1, -0.05) is 12.1 Å². The van der Waals surface area contributed by atoms with Crippen LogP contribution in [0, 0.1) is 6.92 Å². The van der Waals surface area contributed by atoms with Crippen molar-refractivity contribution in [2.45, 2.75) is 39.3 Å². The molecule has 1 unspecified atom stereocenters. The van der Waals surface area contributed by atoms with Crippen molar-refractivity contribution in [1.82, 2.24) is 10.1 Å². The molecule has 2 N–H and O–H groups in total. The van der Waals surface area contributed by atoms with Gasteiger partial charge in [0.2, 0.25) is 5.89 Å². The Morgan fingerprint density at radius 3 is 2.79 bits per heavy atom. The lowest BCUT2D eigenvalue weighted by Crippen LogP contribution is -2.40. The maximum absolute atomic E-state index is 5.90. The fourth-order valence-corrected chi connectivity index (χ4v) is 0.877. The van der Waals surface area contributed by atoms with Gasteiger partial charge in [-0.15, -0.1) is 0 Å². The van der Waals surface area contributed by atoms with Crippen molar-refractivity contribution in [3.63, 3.8) is 0 Å². The van der Waals surface area contributed by atoms with Gasteiger partial charge in [-0.25, -0.2) is 0 Å². The van der Waals surface area contributed by atoms with E-state index in [2.05, 4.69) is 10.1 Å². The normalized spacial score (nSPS) is 15.4. The summed E-state index contributed by atoms with van der Waals surface area (Å²) in [7, 11) is 0. The summed E-state index contributed by atoms with van der Waals surface area (Å²) in [6.07, 6.45) is 0.873. The molecule has 5 heteroatoms. The number of ether oxygens (including phenoxy) is 1. The number of aromatic nitrogens is 2. The highest BCUT2D eigenvalue weighted by Crippen LogP contribution is 2.06. The van der Waals surface area contributed by atoms with Gasteiger partial charge in [0.25, 0.3) is 0 Å². The SMILES string of the molecule is CCC(C)(N)COCc1noc(C)n1. The van der Waals surface area contributed by atoms with Crippen molar-refractivity contribution in [1.29, 1.82) is 0 Å². The maximum atomic E-state index is 5.90. The van der Waals surface area contributed by atoms with Crippen molar-refractivity contribution in [3.8, 4) is 0 Å². The molecular formula is C9H17N3O2. The van der Waals surface area contributed by atoms with Gasteiger partial charge in [0.1, 0.15) is 6.61 Å². The Kier molecular flexibility index (Phi) is 3.60. The first-order chi connectivity index (χ1) is 6.53. The van der Waals surface area contributed by atoms with Crippen LogP contribution in [0.4, 0.5) is 0 Å². The maximum Gasteiger partial charge on any atom is 0.223 e. The van der Waals surface area contributed by atoms with E-state index >= 15 is 0 Å². The molecule has 1 atom stereocenters. The predicted octanol–water partition coefficient (Wildman–Crippen LogP) is 1.02. The number of rotatable bonds is 5. The zero-order valence-electron chi connectivity index (χ0n) is 8.91. The second kappa shape index (κ2) is 4.52. The lowest BCUT2D eigenvalue weighted by molar-refractivity contribution is 0.0724. The van der Waals surface area contributed by atoms with Crippen molar-refractivity contribution < 1.29 is 9.26 Å². The highest BCUT2D eigenvalue weighted by atomic mass is 16.5. The Morgan fingerprint density at radius 1 is 1.57 bits per heavy atom. The average Bonchev–Trinajstić information content (AvgIpc) is 2.51. The molecule has 0 fully saturated rings. The molecule has 1 heterocycles. The van der Waals surface area contributed by atoms with Crippen LogP contribution in [-0.4, -0.2) is 22.3 Å². The largest absolute Gasteiger partial charge is 0.371 e. The Morgan fingerprint density at radius 2 is 2.29 bits per heavy atom. The molecule has 0 aliphatic carbocycles. The van der Waals surface area contributed by atoms with Crippen LogP contribution >= 0.6 is 0 Å². The smallest absolute Gasteiger partial charge is 0.223 e. The molecular weight excluding hydrogens is 182 g/mol. The molecule has 5 nitrogen and oxygen atoms in total. The molecule has 80 valence electrons. The Hall–Kier alpha value is -0.940. The molecule has 0 aliphatic rings. The van der Waals surface area contributed by atoms with Crippen molar-refractivity contribution in [2.75, 3.05) is 6.61 Å². The van der Waals surface area contributed by atoms with Gasteiger partial charge in [0.15, 0.2) is 5.82 Å². The van der Waals surface area contributed by atoms with Crippen molar-refractivity contribution in [3.05, 3.63) is 11.7 Å². The zero-order valence-corrected chi connectivity index (χ0v) is 8.91. The fraction of sp³-hybridized carbons (Fsp3) is 0.778. The van der Waals surface area contributed by atoms with E-state index in [1.807, 2.05) is 13.8 Å². The first-order valence-corrected chi connectivity index (χ1v) is 4.69. The van der Waals surface area contributed by atoms with Gasteiger partial charge in [0, 0.05) is 12.5 Å². The molecule has 0 radical (unpaired) electrons. The van der Waals surface area contributed by atoms with Crippen LogP contribution < -0.4 is 5.73 Å². The minimum Gasteiger partial charge on any atom is -0.371 e. The van der Waals surface area contributed by atoms with Gasteiger partial charge in [0.05, 0.1) is 6.61 Å². The molecule has 0 saturated heterocycles. The highest BCUT2D eigenvalue weighted by Gasteiger charge is 2.16. The molecule has 0 bridgehead atoms. The van der Waals surface area contributed by atoms with E-state index in [0.29, 0.717) is 24.9 Å². The zero-order chi connectivity index (χ0) is 10.6. The van der Waals surface area contributed by atoms with E-state index in [1.54, 1.807) is 6.92 Å². The van der Waals surface area contributed by atoms with Crippen LogP contribution in [0.15, 0.2) is 4.52 Å². The molecule has 0 aliphatic heterocycles. The Bertz CT molecular complexity index is 283. The van der Waals surface area contributed by atoms with Gasteiger partial charge < -0.3 is 15.0 Å². The highest BCUT2D eigenvalue weighted by molar-refractivity contribution is 4.82. The molecule has 0 amide bonds. The van der Waals surface area contributed by atoms with E-state index in [4.69, 9.17) is 15.0 Å². The standard InChI is InChI=1S/C9H17N3O2/c1-4-9(3,10)6-13-5-8-11-7(2)14-12-8/h4-6,10H2,1-3H3. The summed E-state index contributed by atoms with van der Waals surface area (Å²) in [6.45, 7) is 6.58. The van der Waals surface area contributed by atoms with Gasteiger partial charge >= 0.3 is 0 Å². The van der Waals surface area contributed by atoms with Crippen LogP contribution in [0.2, 0.25) is 0 Å². The summed E-state index contributed by atoms with van der Waals surface area (Å²) in [5.74, 6) is 1.11. The van der Waals surface area contributed by atoms with Crippen molar-refractivity contribution in [2.24, 2.45) is 5.73 Å². The summed E-state index contributed by atoms with van der Waals surface area (Å²) < 4.78 is 10.2. The number of hydrogen-bond acceptors (Lipinski definition) is 5. The molecule has 14 heavy (non-hydrogen) atoms. The molecule has 1 aromatic heterocycles. The van der Waals surface area contributed by atoms with Gasteiger partial charge in [-0.05, 0) is 13.3 Å². The van der Waals surface area contributed by atoms with Crippen LogP contribution in [0.25, 0.3) is 0 Å². The van der Waals surface area contributed by atoms with Crippen LogP contribution in [-0.2, 0) is 11.3 Å². The lowest BCUT2D eigenvalue weighted by Gasteiger charge is -2.21. The van der Waals surface area contributed by atoms with Crippen LogP contribution in [0.1, 0.15) is 32.0 Å². The molecule has 0 spiro atoms. The molecule has 1 aromatic rings. The first kappa shape index (κ1) is 11.1. The average molecular weight is 199 g/mol. The topological polar surface area (TPSA) is 74.2 Å². The van der Waals surface area contributed by atoms with Crippen LogP contribution in [0.5, 0.6) is 0 Å². The minimum absolute atomic E-state index is 0.279. The van der Waals surface area contributed by atoms with E-state index in [0.717, 1.165) is 6.42 Å². The first-order valence-electron chi connectivity index (χ1n) is 4.69. The third-order valence-electron chi connectivity index (χ3n) is 2.04. The quantitative estimate of drug-likeness (QED) is 0.766. The number of hydrogen-bond donors (Lipinski definition) is 1. The van der Waals surface area contributed by atoms with Crippen LogP contribution in [0.3, 0.4) is 0 Å². The monoisotopic (exact) mass is 199 g/mol. The number of nitrogens with zero attached hydrogens (tertiary/aromatic N) is 2. The third kappa shape index (κ3) is 3.43. The van der Waals surface area contributed by atoms with E-state index < -0.39 is 0 Å². The fourth-order valence-electron chi connectivity index (χ4n) is 0.877. The summed E-state index contributed by atoms with van der Waals surface area (Å²) in [6, 6.07) is 0. The minimum atomic E-state index is -0.279. The summed E-state index contributed by atoms with van der Waals surface area (Å²) in [4.78, 5) is 4.01. The molecule has 0 saturated carbocycles. The predicted molar refractivity (Wildman–Crippen MR) is 51.6 cm³/mol. The molecule has 1 rings (SSSR count). The van der Waals surface area contributed by atoms with Crippen molar-refractivity contribution >= 4 is 0 Å². The van der Waals surface area contributed by atoms with E-state index in [1.165, 1.54) is 0 Å². The third-order valence-corrected chi connectivity index (χ3v) is 2.04. The second-order valence-electron chi connectivity index (χ2n) is 3.73. The second-order valence-corrected chi connectivity index (χ2v) is 3.73. The number of nitrogens with two attached hydrogens (primary N) is 1. The summed E-state index contributed by atoms with van der Waals surface area (Å²) >= 11 is 0. The Balaban J connectivity index is 2.28. The Labute approximate surface area is 83.6 Å². The summed E-state index contributed by atoms with van der Waals surface area (Å²) in [5.41, 5.74) is 5.62. The number of aryl methyl sites for hydroxylation is 1. The molecule has 0 aromatic carbocycles. The summed E-state index contributed by atoms with van der Waals surface area (Å²) in [5, 5.41) is 3.71. The lowest BCUT2D eigenvalue weighted by atomic mass is 10.0. The van der Waals surface area contributed by atoms with Gasteiger partial charge in [-0.3, -0.25) is 0 Å². The van der Waals surface area contributed by atoms with E-state index in [9.17, 15) is 0 Å².